The van der Waals surface area contributed by atoms with Crippen LogP contribution in [0.3, 0.4) is 0 Å². The van der Waals surface area contributed by atoms with Gasteiger partial charge in [0.05, 0.1) is 26.9 Å². The first kappa shape index (κ1) is 16.7. The van der Waals surface area contributed by atoms with E-state index in [2.05, 4.69) is 4.72 Å². The highest BCUT2D eigenvalue weighted by molar-refractivity contribution is 7.89. The minimum atomic E-state index is -4.12. The number of benzene rings is 1. The second-order valence-corrected chi connectivity index (χ2v) is 5.92. The summed E-state index contributed by atoms with van der Waals surface area (Å²) in [7, 11) is -2.84. The molecular formula is C11H18N2O6S. The van der Waals surface area contributed by atoms with Gasteiger partial charge in [0.1, 0.15) is 16.2 Å². The van der Waals surface area contributed by atoms with Crippen LogP contribution in [0.4, 0.5) is 5.69 Å². The van der Waals surface area contributed by atoms with Crippen LogP contribution in [0, 0.1) is 0 Å². The largest absolute Gasteiger partial charge is 0.495 e. The SMILES string of the molecule is COc1cc(N)ccc1S(=O)(=O)NC(CO)(CO)CO. The van der Waals surface area contributed by atoms with Crippen molar-refractivity contribution in [2.45, 2.75) is 10.4 Å². The minimum Gasteiger partial charge on any atom is -0.495 e. The summed E-state index contributed by atoms with van der Waals surface area (Å²) in [5, 5.41) is 27.5. The maximum atomic E-state index is 12.3. The molecule has 0 fully saturated rings. The quantitative estimate of drug-likeness (QED) is 0.377. The van der Waals surface area contributed by atoms with Crippen molar-refractivity contribution in [3.8, 4) is 5.75 Å². The molecule has 20 heavy (non-hydrogen) atoms. The zero-order chi connectivity index (χ0) is 15.4. The Morgan fingerprint density at radius 3 is 2.25 bits per heavy atom. The van der Waals surface area contributed by atoms with E-state index >= 15 is 0 Å². The number of hydrogen-bond acceptors (Lipinski definition) is 7. The first-order chi connectivity index (χ1) is 9.34. The predicted molar refractivity (Wildman–Crippen MR) is 71.7 cm³/mol. The van der Waals surface area contributed by atoms with Gasteiger partial charge in [-0.2, -0.15) is 4.72 Å². The lowest BCUT2D eigenvalue weighted by molar-refractivity contribution is 0.0581. The van der Waals surface area contributed by atoms with Crippen molar-refractivity contribution >= 4 is 15.7 Å². The van der Waals surface area contributed by atoms with Crippen LogP contribution in [0.2, 0.25) is 0 Å². The van der Waals surface area contributed by atoms with E-state index in [1.165, 1.54) is 25.3 Å². The van der Waals surface area contributed by atoms with E-state index in [0.717, 1.165) is 0 Å². The molecule has 0 amide bonds. The maximum absolute atomic E-state index is 12.3. The Morgan fingerprint density at radius 2 is 1.80 bits per heavy atom. The molecule has 0 radical (unpaired) electrons. The second kappa shape index (κ2) is 6.37. The number of aliphatic hydroxyl groups is 3. The van der Waals surface area contributed by atoms with Crippen LogP contribution in [-0.2, 0) is 10.0 Å². The van der Waals surface area contributed by atoms with Crippen LogP contribution in [0.25, 0.3) is 0 Å². The normalized spacial score (nSPS) is 12.4. The van der Waals surface area contributed by atoms with Gasteiger partial charge >= 0.3 is 0 Å². The molecule has 1 rings (SSSR count). The Balaban J connectivity index is 3.24. The monoisotopic (exact) mass is 306 g/mol. The van der Waals surface area contributed by atoms with Crippen molar-refractivity contribution in [2.24, 2.45) is 0 Å². The Labute approximate surface area is 116 Å². The zero-order valence-electron chi connectivity index (χ0n) is 10.9. The molecule has 0 spiro atoms. The fourth-order valence-corrected chi connectivity index (χ4v) is 3.02. The number of rotatable bonds is 7. The molecule has 0 saturated carbocycles. The molecule has 0 aliphatic carbocycles. The molecule has 0 aliphatic rings. The summed E-state index contributed by atoms with van der Waals surface area (Å²) < 4.78 is 31.5. The van der Waals surface area contributed by atoms with E-state index in [9.17, 15) is 8.42 Å². The third kappa shape index (κ3) is 3.38. The van der Waals surface area contributed by atoms with Gasteiger partial charge in [0, 0.05) is 11.8 Å². The third-order valence-electron chi connectivity index (χ3n) is 2.74. The summed E-state index contributed by atoms with van der Waals surface area (Å²) in [6.07, 6.45) is 0. The lowest BCUT2D eigenvalue weighted by atomic mass is 10.1. The summed E-state index contributed by atoms with van der Waals surface area (Å²) in [6, 6.07) is 3.93. The van der Waals surface area contributed by atoms with E-state index in [0.29, 0.717) is 5.69 Å². The number of methoxy groups -OCH3 is 1. The van der Waals surface area contributed by atoms with Crippen LogP contribution >= 0.6 is 0 Å². The standard InChI is InChI=1S/C11H18N2O6S/c1-19-9-4-8(12)2-3-10(9)20(17,18)13-11(5-14,6-15)7-16/h2-4,13-16H,5-7,12H2,1H3. The van der Waals surface area contributed by atoms with Crippen LogP contribution in [0.1, 0.15) is 0 Å². The number of nitrogens with two attached hydrogens (primary N) is 1. The molecule has 6 N–H and O–H groups in total. The van der Waals surface area contributed by atoms with Crippen molar-refractivity contribution in [2.75, 3.05) is 32.7 Å². The number of hydrogen-bond donors (Lipinski definition) is 5. The van der Waals surface area contributed by atoms with Crippen molar-refractivity contribution in [1.29, 1.82) is 0 Å². The average molecular weight is 306 g/mol. The van der Waals surface area contributed by atoms with Crippen molar-refractivity contribution in [3.05, 3.63) is 18.2 Å². The van der Waals surface area contributed by atoms with Crippen LogP contribution < -0.4 is 15.2 Å². The van der Waals surface area contributed by atoms with Gasteiger partial charge in [-0.1, -0.05) is 0 Å². The molecule has 0 aromatic heterocycles. The first-order valence-electron chi connectivity index (χ1n) is 5.64. The Morgan fingerprint density at radius 1 is 1.25 bits per heavy atom. The van der Waals surface area contributed by atoms with Gasteiger partial charge in [0.25, 0.3) is 0 Å². The molecular weight excluding hydrogens is 288 g/mol. The summed E-state index contributed by atoms with van der Waals surface area (Å²) in [5.41, 5.74) is 4.10. The highest BCUT2D eigenvalue weighted by Gasteiger charge is 2.35. The van der Waals surface area contributed by atoms with Gasteiger partial charge < -0.3 is 25.8 Å². The summed E-state index contributed by atoms with van der Waals surface area (Å²) in [4.78, 5) is -0.214. The molecule has 114 valence electrons. The highest BCUT2D eigenvalue weighted by atomic mass is 32.2. The molecule has 0 unspecified atom stereocenters. The molecule has 0 saturated heterocycles. The van der Waals surface area contributed by atoms with E-state index in [1.54, 1.807) is 0 Å². The fourth-order valence-electron chi connectivity index (χ4n) is 1.49. The topological polar surface area (TPSA) is 142 Å². The lowest BCUT2D eigenvalue weighted by Gasteiger charge is -2.28. The maximum Gasteiger partial charge on any atom is 0.245 e. The zero-order valence-corrected chi connectivity index (χ0v) is 11.7. The van der Waals surface area contributed by atoms with E-state index in [1.807, 2.05) is 0 Å². The number of sulfonamides is 1. The number of aliphatic hydroxyl groups excluding tert-OH is 3. The van der Waals surface area contributed by atoms with E-state index in [-0.39, 0.29) is 10.6 Å². The summed E-state index contributed by atoms with van der Waals surface area (Å²) in [6.45, 7) is -2.30. The summed E-state index contributed by atoms with van der Waals surface area (Å²) >= 11 is 0. The molecule has 0 atom stereocenters. The molecule has 1 aromatic carbocycles. The number of ether oxygens (including phenoxy) is 1. The number of nitrogens with one attached hydrogen (secondary N) is 1. The molecule has 0 heterocycles. The Hall–Kier alpha value is -1.39. The van der Waals surface area contributed by atoms with Crippen LogP contribution in [0.15, 0.2) is 23.1 Å². The number of anilines is 1. The van der Waals surface area contributed by atoms with Gasteiger partial charge in [-0.15, -0.1) is 0 Å². The van der Waals surface area contributed by atoms with Gasteiger partial charge in [-0.3, -0.25) is 0 Å². The second-order valence-electron chi connectivity index (χ2n) is 4.27. The van der Waals surface area contributed by atoms with Gasteiger partial charge in [-0.05, 0) is 12.1 Å². The van der Waals surface area contributed by atoms with Crippen LogP contribution in [-0.4, -0.2) is 56.2 Å². The van der Waals surface area contributed by atoms with Gasteiger partial charge in [0.15, 0.2) is 0 Å². The van der Waals surface area contributed by atoms with Gasteiger partial charge in [-0.25, -0.2) is 8.42 Å². The third-order valence-corrected chi connectivity index (χ3v) is 4.35. The Bertz CT molecular complexity index is 548. The van der Waals surface area contributed by atoms with Crippen molar-refractivity contribution < 1.29 is 28.5 Å². The number of nitrogen functional groups attached to an aromatic ring is 1. The highest BCUT2D eigenvalue weighted by Crippen LogP contribution is 2.26. The minimum absolute atomic E-state index is 0.0141. The summed E-state index contributed by atoms with van der Waals surface area (Å²) in [5.74, 6) is 0.0141. The first-order valence-corrected chi connectivity index (χ1v) is 7.12. The van der Waals surface area contributed by atoms with E-state index in [4.69, 9.17) is 25.8 Å². The fraction of sp³-hybridized carbons (Fsp3) is 0.455. The van der Waals surface area contributed by atoms with Crippen LogP contribution in [0.5, 0.6) is 5.75 Å². The smallest absolute Gasteiger partial charge is 0.245 e. The van der Waals surface area contributed by atoms with Gasteiger partial charge in [0.2, 0.25) is 10.0 Å². The molecule has 0 aliphatic heterocycles. The lowest BCUT2D eigenvalue weighted by Crippen LogP contribution is -2.56. The van der Waals surface area contributed by atoms with Crippen molar-refractivity contribution in [1.82, 2.24) is 4.72 Å². The molecule has 0 bridgehead atoms. The predicted octanol–water partition coefficient (Wildman–Crippen LogP) is -1.73. The molecule has 8 nitrogen and oxygen atoms in total. The Kier molecular flexibility index (Phi) is 5.31. The molecule has 1 aromatic rings. The van der Waals surface area contributed by atoms with Crippen molar-refractivity contribution in [3.63, 3.8) is 0 Å². The molecule has 9 heteroatoms. The van der Waals surface area contributed by atoms with E-state index < -0.39 is 35.4 Å². The average Bonchev–Trinajstić information content (AvgIpc) is 2.44.